The fourth-order valence-electron chi connectivity index (χ4n) is 4.72. The van der Waals surface area contributed by atoms with E-state index in [0.717, 1.165) is 51.9 Å². The second-order valence-electron chi connectivity index (χ2n) is 8.53. The summed E-state index contributed by atoms with van der Waals surface area (Å²) in [6.45, 7) is 5.82. The average molecular weight is 385 g/mol. The van der Waals surface area contributed by atoms with Gasteiger partial charge in [0.15, 0.2) is 0 Å². The lowest BCUT2D eigenvalue weighted by Gasteiger charge is -2.37. The molecule has 28 heavy (non-hydrogen) atoms. The Kier molecular flexibility index (Phi) is 5.74. The van der Waals surface area contributed by atoms with Gasteiger partial charge in [0.25, 0.3) is 0 Å². The molecule has 1 saturated carbocycles. The van der Waals surface area contributed by atoms with E-state index in [4.69, 9.17) is 0 Å². The van der Waals surface area contributed by atoms with E-state index < -0.39 is 0 Å². The number of carbonyl (C=O) groups excluding carboxylic acids is 2. The van der Waals surface area contributed by atoms with Crippen LogP contribution in [0.25, 0.3) is 0 Å². The van der Waals surface area contributed by atoms with Gasteiger partial charge < -0.3 is 20.0 Å². The monoisotopic (exact) mass is 384 g/mol. The molecule has 4 amide bonds. The van der Waals surface area contributed by atoms with Crippen molar-refractivity contribution in [1.82, 2.24) is 20.0 Å². The normalized spacial score (nSPS) is 21.6. The molecule has 4 rings (SSSR count). The number of hydrogen-bond acceptors (Lipinski definition) is 2. The molecule has 6 nitrogen and oxygen atoms in total. The van der Waals surface area contributed by atoms with Gasteiger partial charge in [-0.1, -0.05) is 42.7 Å². The van der Waals surface area contributed by atoms with Crippen LogP contribution in [0.3, 0.4) is 0 Å². The van der Waals surface area contributed by atoms with Gasteiger partial charge in [0.2, 0.25) is 0 Å². The summed E-state index contributed by atoms with van der Waals surface area (Å²) in [5, 5.41) is 3.18. The van der Waals surface area contributed by atoms with Crippen LogP contribution in [0.2, 0.25) is 0 Å². The Balaban J connectivity index is 1.26. The van der Waals surface area contributed by atoms with Gasteiger partial charge in [0.05, 0.1) is 0 Å². The van der Waals surface area contributed by atoms with Crippen LogP contribution in [-0.2, 0) is 6.54 Å². The summed E-state index contributed by atoms with van der Waals surface area (Å²) in [6.07, 6.45) is 6.43. The van der Waals surface area contributed by atoms with Gasteiger partial charge in [0.1, 0.15) is 0 Å². The molecule has 1 aromatic carbocycles. The fraction of sp³-hybridized carbons (Fsp3) is 0.636. The summed E-state index contributed by atoms with van der Waals surface area (Å²) in [5.41, 5.74) is 2.42. The van der Waals surface area contributed by atoms with Crippen molar-refractivity contribution >= 4 is 12.1 Å². The minimum absolute atomic E-state index is 0.0825. The van der Waals surface area contributed by atoms with Crippen molar-refractivity contribution in [2.24, 2.45) is 0 Å². The van der Waals surface area contributed by atoms with Crippen molar-refractivity contribution in [3.63, 3.8) is 0 Å². The van der Waals surface area contributed by atoms with Gasteiger partial charge in [-0.2, -0.15) is 0 Å². The van der Waals surface area contributed by atoms with Crippen molar-refractivity contribution in [3.05, 3.63) is 35.4 Å². The first-order valence-electron chi connectivity index (χ1n) is 10.8. The summed E-state index contributed by atoms with van der Waals surface area (Å²) in [6, 6.07) is 9.25. The smallest absolute Gasteiger partial charge is 0.320 e. The lowest BCUT2D eigenvalue weighted by Crippen LogP contribution is -2.51. The molecule has 1 N–H and O–H groups in total. The maximum absolute atomic E-state index is 12.9. The first kappa shape index (κ1) is 19.1. The SMILES string of the molecule is Cc1ccc(CN2CCN(C3CCN(C(=O)NC4CCCC4)CC3)C2=O)cc1. The molecule has 0 unspecified atom stereocenters. The van der Waals surface area contributed by atoms with Gasteiger partial charge in [0, 0.05) is 44.8 Å². The molecule has 3 aliphatic rings. The number of nitrogens with zero attached hydrogens (tertiary/aromatic N) is 3. The van der Waals surface area contributed by atoms with E-state index in [9.17, 15) is 9.59 Å². The summed E-state index contributed by atoms with van der Waals surface area (Å²) >= 11 is 0. The van der Waals surface area contributed by atoms with Gasteiger partial charge >= 0.3 is 12.1 Å². The summed E-state index contributed by atoms with van der Waals surface area (Å²) in [7, 11) is 0. The molecular weight excluding hydrogens is 352 g/mol. The highest BCUT2D eigenvalue weighted by Gasteiger charge is 2.36. The van der Waals surface area contributed by atoms with Gasteiger partial charge in [-0.15, -0.1) is 0 Å². The highest BCUT2D eigenvalue weighted by molar-refractivity contribution is 5.77. The molecule has 0 aromatic heterocycles. The lowest BCUT2D eigenvalue weighted by molar-refractivity contribution is 0.133. The molecule has 2 aliphatic heterocycles. The number of aryl methyl sites for hydroxylation is 1. The van der Waals surface area contributed by atoms with Crippen LogP contribution in [0, 0.1) is 6.92 Å². The second kappa shape index (κ2) is 8.41. The van der Waals surface area contributed by atoms with Crippen LogP contribution in [0.1, 0.15) is 49.7 Å². The van der Waals surface area contributed by atoms with Crippen molar-refractivity contribution < 1.29 is 9.59 Å². The highest BCUT2D eigenvalue weighted by Crippen LogP contribution is 2.23. The fourth-order valence-corrected chi connectivity index (χ4v) is 4.72. The Bertz CT molecular complexity index is 691. The van der Waals surface area contributed by atoms with E-state index in [1.165, 1.54) is 24.0 Å². The molecule has 0 radical (unpaired) electrons. The number of likely N-dealkylation sites (tertiary alicyclic amines) is 1. The van der Waals surface area contributed by atoms with E-state index in [-0.39, 0.29) is 18.1 Å². The third kappa shape index (κ3) is 4.26. The number of amides is 4. The van der Waals surface area contributed by atoms with Crippen LogP contribution in [0.5, 0.6) is 0 Å². The van der Waals surface area contributed by atoms with Gasteiger partial charge in [-0.05, 0) is 38.2 Å². The van der Waals surface area contributed by atoms with Crippen LogP contribution in [0.4, 0.5) is 9.59 Å². The lowest BCUT2D eigenvalue weighted by atomic mass is 10.0. The molecule has 152 valence electrons. The summed E-state index contributed by atoms with van der Waals surface area (Å²) < 4.78 is 0. The molecule has 6 heteroatoms. The zero-order valence-electron chi connectivity index (χ0n) is 16.9. The number of carbonyl (C=O) groups is 2. The van der Waals surface area contributed by atoms with E-state index >= 15 is 0 Å². The highest BCUT2D eigenvalue weighted by atomic mass is 16.2. The van der Waals surface area contributed by atoms with E-state index in [1.807, 2.05) is 14.7 Å². The van der Waals surface area contributed by atoms with Gasteiger partial charge in [-0.3, -0.25) is 0 Å². The summed E-state index contributed by atoms with van der Waals surface area (Å²) in [5.74, 6) is 0. The maximum Gasteiger partial charge on any atom is 0.320 e. The van der Waals surface area contributed by atoms with Crippen LogP contribution < -0.4 is 5.32 Å². The number of piperidine rings is 1. The third-order valence-corrected chi connectivity index (χ3v) is 6.50. The second-order valence-corrected chi connectivity index (χ2v) is 8.53. The maximum atomic E-state index is 12.9. The largest absolute Gasteiger partial charge is 0.335 e. The molecule has 1 aromatic rings. The minimum Gasteiger partial charge on any atom is -0.335 e. The number of rotatable bonds is 4. The van der Waals surface area contributed by atoms with Gasteiger partial charge in [-0.25, -0.2) is 9.59 Å². The van der Waals surface area contributed by atoms with Crippen molar-refractivity contribution in [1.29, 1.82) is 0 Å². The minimum atomic E-state index is 0.0825. The average Bonchev–Trinajstić information content (AvgIpc) is 3.34. The standard InChI is InChI=1S/C22H32N4O2/c1-17-6-8-18(9-7-17)16-25-14-15-26(22(25)28)20-10-12-24(13-11-20)21(27)23-19-4-2-3-5-19/h6-9,19-20H,2-5,10-16H2,1H3,(H,23,27). The zero-order valence-corrected chi connectivity index (χ0v) is 16.9. The molecule has 3 fully saturated rings. The first-order chi connectivity index (χ1) is 13.6. The molecule has 0 bridgehead atoms. The van der Waals surface area contributed by atoms with Crippen molar-refractivity contribution in [2.45, 2.75) is 64.1 Å². The molecule has 2 heterocycles. The summed E-state index contributed by atoms with van der Waals surface area (Å²) in [4.78, 5) is 31.2. The predicted octanol–water partition coefficient (Wildman–Crippen LogP) is 3.35. The van der Waals surface area contributed by atoms with Crippen molar-refractivity contribution in [3.8, 4) is 0 Å². The molecule has 0 atom stereocenters. The van der Waals surface area contributed by atoms with E-state index in [0.29, 0.717) is 12.6 Å². The first-order valence-corrected chi connectivity index (χ1v) is 10.8. The molecule has 1 aliphatic carbocycles. The third-order valence-electron chi connectivity index (χ3n) is 6.50. The Labute approximate surface area is 167 Å². The number of nitrogens with one attached hydrogen (secondary N) is 1. The number of hydrogen-bond donors (Lipinski definition) is 1. The molecule has 0 spiro atoms. The Hall–Kier alpha value is -2.24. The Morgan fingerprint density at radius 1 is 1.00 bits per heavy atom. The molecular formula is C22H32N4O2. The quantitative estimate of drug-likeness (QED) is 0.865. The Morgan fingerprint density at radius 3 is 2.36 bits per heavy atom. The number of urea groups is 2. The van der Waals surface area contributed by atoms with Crippen LogP contribution in [0.15, 0.2) is 24.3 Å². The topological polar surface area (TPSA) is 55.9 Å². The van der Waals surface area contributed by atoms with Crippen LogP contribution >= 0.6 is 0 Å². The predicted molar refractivity (Wildman–Crippen MR) is 109 cm³/mol. The molecule has 2 saturated heterocycles. The number of benzene rings is 1. The Morgan fingerprint density at radius 2 is 1.68 bits per heavy atom. The van der Waals surface area contributed by atoms with E-state index in [1.54, 1.807) is 0 Å². The van der Waals surface area contributed by atoms with Crippen LogP contribution in [-0.4, -0.2) is 65.0 Å². The van der Waals surface area contributed by atoms with E-state index in [2.05, 4.69) is 36.5 Å². The zero-order chi connectivity index (χ0) is 19.5. The van der Waals surface area contributed by atoms with Crippen molar-refractivity contribution in [2.75, 3.05) is 26.2 Å².